The lowest BCUT2D eigenvalue weighted by Gasteiger charge is -2.31. The Labute approximate surface area is 126 Å². The van der Waals surface area contributed by atoms with Crippen LogP contribution >= 0.6 is 0 Å². The first kappa shape index (κ1) is 14.6. The van der Waals surface area contributed by atoms with Crippen molar-refractivity contribution in [3.63, 3.8) is 0 Å². The minimum Gasteiger partial charge on any atom is -0.349 e. The van der Waals surface area contributed by atoms with Crippen molar-refractivity contribution >= 4 is 5.91 Å². The van der Waals surface area contributed by atoms with Gasteiger partial charge in [-0.2, -0.15) is 0 Å². The van der Waals surface area contributed by atoms with Crippen LogP contribution in [0, 0.1) is 12.8 Å². The van der Waals surface area contributed by atoms with Crippen LogP contribution in [0.25, 0.3) is 0 Å². The molecule has 2 heterocycles. The Kier molecular flexibility index (Phi) is 4.58. The number of hydrogen-bond donors (Lipinski definition) is 2. The summed E-state index contributed by atoms with van der Waals surface area (Å²) in [5.74, 6) is 0.931. The second kappa shape index (κ2) is 6.60. The third kappa shape index (κ3) is 3.64. The van der Waals surface area contributed by atoms with Gasteiger partial charge < -0.3 is 15.2 Å². The Morgan fingerprint density at radius 3 is 2.90 bits per heavy atom. The molecule has 1 amide bonds. The fourth-order valence-electron chi connectivity index (χ4n) is 3.66. The van der Waals surface area contributed by atoms with Crippen LogP contribution in [0.15, 0.2) is 6.20 Å². The molecule has 1 saturated carbocycles. The molecule has 0 aromatic carbocycles. The second-order valence-corrected chi connectivity index (χ2v) is 6.57. The van der Waals surface area contributed by atoms with Crippen molar-refractivity contribution in [1.82, 2.24) is 20.2 Å². The molecule has 1 aliphatic heterocycles. The summed E-state index contributed by atoms with van der Waals surface area (Å²) in [5, 5.41) is 3.02. The minimum atomic E-state index is -0.0841. The van der Waals surface area contributed by atoms with Gasteiger partial charge in [-0.3, -0.25) is 4.79 Å². The number of nitrogens with one attached hydrogen (secondary N) is 2. The molecule has 0 spiro atoms. The van der Waals surface area contributed by atoms with E-state index < -0.39 is 0 Å². The minimum absolute atomic E-state index is 0.0841. The molecular formula is C16H26N4O. The number of rotatable bonds is 4. The number of carbonyl (C=O) groups is 1. The van der Waals surface area contributed by atoms with Gasteiger partial charge in [-0.25, -0.2) is 4.98 Å². The standard InChI is InChI=1S/C16H26N4O/c1-12-9-17-15(19-12)16(21)18-10-13-7-8-20(11-13)14-5-3-2-4-6-14/h9,13-14H,2-8,10-11H2,1H3,(H,17,19)(H,18,21)/t13-/m0/s1. The van der Waals surface area contributed by atoms with E-state index in [-0.39, 0.29) is 5.91 Å². The highest BCUT2D eigenvalue weighted by Crippen LogP contribution is 2.27. The Morgan fingerprint density at radius 1 is 1.38 bits per heavy atom. The number of amides is 1. The van der Waals surface area contributed by atoms with E-state index >= 15 is 0 Å². The molecule has 21 heavy (non-hydrogen) atoms. The van der Waals surface area contributed by atoms with Crippen molar-refractivity contribution < 1.29 is 4.79 Å². The molecule has 2 aliphatic rings. The lowest BCUT2D eigenvalue weighted by molar-refractivity contribution is 0.0937. The van der Waals surface area contributed by atoms with Gasteiger partial charge in [-0.1, -0.05) is 19.3 Å². The van der Waals surface area contributed by atoms with Gasteiger partial charge in [-0.15, -0.1) is 0 Å². The number of carbonyl (C=O) groups excluding carboxylic acids is 1. The monoisotopic (exact) mass is 290 g/mol. The molecule has 1 aliphatic carbocycles. The smallest absolute Gasteiger partial charge is 0.287 e. The van der Waals surface area contributed by atoms with Crippen molar-refractivity contribution in [2.45, 2.75) is 51.5 Å². The Balaban J connectivity index is 1.43. The molecule has 2 N–H and O–H groups in total. The molecule has 0 bridgehead atoms. The van der Waals surface area contributed by atoms with E-state index in [9.17, 15) is 4.79 Å². The molecule has 1 saturated heterocycles. The van der Waals surface area contributed by atoms with Crippen LogP contribution in [0.2, 0.25) is 0 Å². The number of imidazole rings is 1. The third-order valence-corrected chi connectivity index (χ3v) is 4.88. The van der Waals surface area contributed by atoms with Crippen LogP contribution in [0.5, 0.6) is 0 Å². The van der Waals surface area contributed by atoms with Gasteiger partial charge in [0.15, 0.2) is 5.82 Å². The van der Waals surface area contributed by atoms with Gasteiger partial charge in [0.1, 0.15) is 0 Å². The molecule has 1 aromatic rings. The fourth-order valence-corrected chi connectivity index (χ4v) is 3.66. The molecule has 1 atom stereocenters. The molecule has 0 radical (unpaired) electrons. The Bertz CT molecular complexity index is 478. The van der Waals surface area contributed by atoms with Crippen molar-refractivity contribution in [1.29, 1.82) is 0 Å². The van der Waals surface area contributed by atoms with Crippen LogP contribution < -0.4 is 5.32 Å². The third-order valence-electron chi connectivity index (χ3n) is 4.88. The zero-order valence-corrected chi connectivity index (χ0v) is 12.9. The van der Waals surface area contributed by atoms with Crippen LogP contribution in [0.3, 0.4) is 0 Å². The fraction of sp³-hybridized carbons (Fsp3) is 0.750. The molecule has 0 unspecified atom stereocenters. The van der Waals surface area contributed by atoms with E-state index in [1.54, 1.807) is 6.20 Å². The van der Waals surface area contributed by atoms with Crippen LogP contribution in [-0.4, -0.2) is 46.5 Å². The number of H-pyrrole nitrogens is 1. The first-order chi connectivity index (χ1) is 10.2. The summed E-state index contributed by atoms with van der Waals surface area (Å²) in [5.41, 5.74) is 0.921. The Hall–Kier alpha value is -1.36. The number of aryl methyl sites for hydroxylation is 1. The lowest BCUT2D eigenvalue weighted by Crippen LogP contribution is -2.36. The van der Waals surface area contributed by atoms with Gasteiger partial charge >= 0.3 is 0 Å². The van der Waals surface area contributed by atoms with Crippen LogP contribution in [0.4, 0.5) is 0 Å². The van der Waals surface area contributed by atoms with Gasteiger partial charge in [0.2, 0.25) is 0 Å². The van der Waals surface area contributed by atoms with E-state index in [2.05, 4.69) is 20.2 Å². The van der Waals surface area contributed by atoms with Crippen molar-refractivity contribution in [3.05, 3.63) is 17.7 Å². The zero-order chi connectivity index (χ0) is 14.7. The summed E-state index contributed by atoms with van der Waals surface area (Å²) in [6.45, 7) is 5.01. The largest absolute Gasteiger partial charge is 0.349 e. The SMILES string of the molecule is Cc1cnc(C(=O)NC[C@@H]2CCN(C3CCCCC3)C2)[nH]1. The van der Waals surface area contributed by atoms with Gasteiger partial charge in [-0.05, 0) is 38.6 Å². The number of hydrogen-bond acceptors (Lipinski definition) is 3. The maximum atomic E-state index is 12.0. The lowest BCUT2D eigenvalue weighted by atomic mass is 9.94. The quantitative estimate of drug-likeness (QED) is 0.892. The molecule has 1 aromatic heterocycles. The van der Waals surface area contributed by atoms with E-state index in [0.717, 1.165) is 24.8 Å². The molecule has 116 valence electrons. The molecule has 3 rings (SSSR count). The average molecular weight is 290 g/mol. The summed E-state index contributed by atoms with van der Waals surface area (Å²) in [7, 11) is 0. The van der Waals surface area contributed by atoms with Gasteiger partial charge in [0.25, 0.3) is 5.91 Å². The number of nitrogens with zero attached hydrogens (tertiary/aromatic N) is 2. The number of aromatic nitrogens is 2. The summed E-state index contributed by atoms with van der Waals surface area (Å²) < 4.78 is 0. The molecule has 2 fully saturated rings. The first-order valence-electron chi connectivity index (χ1n) is 8.26. The highest BCUT2D eigenvalue weighted by atomic mass is 16.2. The van der Waals surface area contributed by atoms with E-state index in [4.69, 9.17) is 0 Å². The van der Waals surface area contributed by atoms with Crippen LogP contribution in [0.1, 0.15) is 54.8 Å². The zero-order valence-electron chi connectivity index (χ0n) is 12.9. The average Bonchev–Trinajstić information content (AvgIpc) is 3.15. The normalized spacial score (nSPS) is 24.3. The van der Waals surface area contributed by atoms with Gasteiger partial charge in [0, 0.05) is 31.0 Å². The number of aromatic amines is 1. The summed E-state index contributed by atoms with van der Waals surface area (Å²) in [6.07, 6.45) is 9.81. The summed E-state index contributed by atoms with van der Waals surface area (Å²) in [4.78, 5) is 21.7. The highest BCUT2D eigenvalue weighted by Gasteiger charge is 2.29. The van der Waals surface area contributed by atoms with E-state index in [0.29, 0.717) is 11.7 Å². The molecule has 5 heteroatoms. The number of likely N-dealkylation sites (tertiary alicyclic amines) is 1. The maximum absolute atomic E-state index is 12.0. The predicted octanol–water partition coefficient (Wildman–Crippen LogP) is 2.10. The second-order valence-electron chi connectivity index (χ2n) is 6.57. The van der Waals surface area contributed by atoms with Gasteiger partial charge in [0.05, 0.1) is 0 Å². The van der Waals surface area contributed by atoms with Crippen LogP contribution in [-0.2, 0) is 0 Å². The Morgan fingerprint density at radius 2 is 2.19 bits per heavy atom. The first-order valence-corrected chi connectivity index (χ1v) is 8.26. The molecular weight excluding hydrogens is 264 g/mol. The van der Waals surface area contributed by atoms with E-state index in [1.807, 2.05) is 6.92 Å². The highest BCUT2D eigenvalue weighted by molar-refractivity contribution is 5.90. The van der Waals surface area contributed by atoms with Crippen molar-refractivity contribution in [2.75, 3.05) is 19.6 Å². The van der Waals surface area contributed by atoms with E-state index in [1.165, 1.54) is 45.1 Å². The summed E-state index contributed by atoms with van der Waals surface area (Å²) in [6, 6.07) is 0.798. The van der Waals surface area contributed by atoms with Crippen molar-refractivity contribution in [2.24, 2.45) is 5.92 Å². The topological polar surface area (TPSA) is 61.0 Å². The van der Waals surface area contributed by atoms with Crippen molar-refractivity contribution in [3.8, 4) is 0 Å². The predicted molar refractivity (Wildman–Crippen MR) is 82.2 cm³/mol. The molecule has 5 nitrogen and oxygen atoms in total. The summed E-state index contributed by atoms with van der Waals surface area (Å²) >= 11 is 0. The maximum Gasteiger partial charge on any atom is 0.287 e.